The van der Waals surface area contributed by atoms with Crippen LogP contribution in [0.1, 0.15) is 128 Å². The van der Waals surface area contributed by atoms with Gasteiger partial charge in [-0.2, -0.15) is 0 Å². The highest BCUT2D eigenvalue weighted by Crippen LogP contribution is 2.56. The van der Waals surface area contributed by atoms with Crippen LogP contribution in [-0.4, -0.2) is 0 Å². The molecule has 0 aliphatic heterocycles. The monoisotopic (exact) mass is 733 g/mol. The third-order valence-electron chi connectivity index (χ3n) is 14.4. The van der Waals surface area contributed by atoms with E-state index in [0.717, 1.165) is 5.69 Å². The van der Waals surface area contributed by atoms with Crippen molar-refractivity contribution < 1.29 is 0 Å². The summed E-state index contributed by atoms with van der Waals surface area (Å²) in [5, 5.41) is 0. The highest BCUT2D eigenvalue weighted by Gasteiger charge is 2.41. The second kappa shape index (κ2) is 12.6. The topological polar surface area (TPSA) is 3.24 Å². The van der Waals surface area contributed by atoms with Crippen molar-refractivity contribution in [2.75, 3.05) is 4.90 Å². The van der Waals surface area contributed by atoms with Crippen LogP contribution in [0.5, 0.6) is 0 Å². The molecule has 0 N–H and O–H groups in total. The van der Waals surface area contributed by atoms with Crippen LogP contribution < -0.4 is 4.90 Å². The maximum Gasteiger partial charge on any atom is 0.0543 e. The van der Waals surface area contributed by atoms with Crippen LogP contribution in [0.15, 0.2) is 127 Å². The predicted octanol–water partition coefficient (Wildman–Crippen LogP) is 15.5. The van der Waals surface area contributed by atoms with Gasteiger partial charge < -0.3 is 4.90 Å². The third-order valence-corrected chi connectivity index (χ3v) is 14.4. The molecule has 1 heteroatoms. The van der Waals surface area contributed by atoms with Crippen LogP contribution in [0.25, 0.3) is 33.4 Å². The summed E-state index contributed by atoms with van der Waals surface area (Å²) in [5.74, 6) is 0. The van der Waals surface area contributed by atoms with Crippen molar-refractivity contribution >= 4 is 17.1 Å². The molecule has 0 radical (unpaired) electrons. The molecule has 0 saturated heterocycles. The van der Waals surface area contributed by atoms with Crippen molar-refractivity contribution in [1.29, 1.82) is 0 Å². The molecule has 3 aliphatic carbocycles. The Bertz CT molecular complexity index is 2490. The van der Waals surface area contributed by atoms with E-state index >= 15 is 0 Å². The van der Waals surface area contributed by atoms with Gasteiger partial charge in [-0.1, -0.05) is 160 Å². The largest absolute Gasteiger partial charge is 0.310 e. The van der Waals surface area contributed by atoms with E-state index < -0.39 is 0 Å². The quantitative estimate of drug-likeness (QED) is 0.171. The van der Waals surface area contributed by atoms with Gasteiger partial charge in [-0.25, -0.2) is 0 Å². The fourth-order valence-electron chi connectivity index (χ4n) is 10.7. The normalized spacial score (nSPS) is 19.0. The summed E-state index contributed by atoms with van der Waals surface area (Å²) in [6.07, 6.45) is 4.80. The lowest BCUT2D eigenvalue weighted by Gasteiger charge is -2.43. The molecule has 0 atom stereocenters. The number of rotatable bonds is 5. The van der Waals surface area contributed by atoms with E-state index in [4.69, 9.17) is 0 Å². The molecule has 0 saturated carbocycles. The van der Waals surface area contributed by atoms with E-state index in [0.29, 0.717) is 0 Å². The standard InChI is InChI=1S/C55H59N/c1-51(2)29-30-53(5,6)48-33-37(25-28-45(48)51)36-23-26-39(27-24-36)56(38-17-12-11-13-18-38)49-35-47-42(40-19-14-15-21-44(40)55(47,9)10)34-43(49)41-20-16-22-46-50(41)54(7,8)32-31-52(46,3)4/h11-28,33-35H,29-32H2,1-10H3. The molecule has 0 heterocycles. The summed E-state index contributed by atoms with van der Waals surface area (Å²) >= 11 is 0. The molecule has 6 aromatic carbocycles. The molecular weight excluding hydrogens is 675 g/mol. The zero-order valence-electron chi connectivity index (χ0n) is 35.4. The van der Waals surface area contributed by atoms with Gasteiger partial charge in [-0.15, -0.1) is 0 Å². The Balaban J connectivity index is 1.27. The van der Waals surface area contributed by atoms with Crippen LogP contribution in [0, 0.1) is 0 Å². The summed E-state index contributed by atoms with van der Waals surface area (Å²) in [6.45, 7) is 24.3. The minimum absolute atomic E-state index is 0.0484. The molecule has 3 aliphatic rings. The first-order valence-electron chi connectivity index (χ1n) is 21.0. The van der Waals surface area contributed by atoms with Gasteiger partial charge in [0, 0.05) is 22.4 Å². The number of nitrogens with zero attached hydrogens (tertiary/aromatic N) is 1. The van der Waals surface area contributed by atoms with E-state index in [-0.39, 0.29) is 27.1 Å². The number of hydrogen-bond donors (Lipinski definition) is 0. The zero-order valence-corrected chi connectivity index (χ0v) is 35.4. The van der Waals surface area contributed by atoms with Crippen LogP contribution in [-0.2, 0) is 27.1 Å². The summed E-state index contributed by atoms with van der Waals surface area (Å²) in [4.78, 5) is 2.53. The number of para-hydroxylation sites is 1. The molecule has 0 spiro atoms. The number of hydrogen-bond acceptors (Lipinski definition) is 1. The number of benzene rings is 6. The molecule has 56 heavy (non-hydrogen) atoms. The van der Waals surface area contributed by atoms with Gasteiger partial charge in [-0.3, -0.25) is 0 Å². The Morgan fingerprint density at radius 2 is 0.911 bits per heavy atom. The van der Waals surface area contributed by atoms with E-state index in [9.17, 15) is 0 Å². The third kappa shape index (κ3) is 5.71. The lowest BCUT2D eigenvalue weighted by Crippen LogP contribution is -2.34. The highest BCUT2D eigenvalue weighted by molar-refractivity contribution is 5.96. The maximum absolute atomic E-state index is 2.55. The van der Waals surface area contributed by atoms with Crippen LogP contribution in [0.2, 0.25) is 0 Å². The Morgan fingerprint density at radius 1 is 0.357 bits per heavy atom. The summed E-state index contributed by atoms with van der Waals surface area (Å²) in [7, 11) is 0. The van der Waals surface area contributed by atoms with Gasteiger partial charge in [0.1, 0.15) is 0 Å². The molecule has 0 bridgehead atoms. The molecule has 9 rings (SSSR count). The first-order chi connectivity index (χ1) is 26.5. The molecule has 0 unspecified atom stereocenters. The predicted molar refractivity (Wildman–Crippen MR) is 240 cm³/mol. The van der Waals surface area contributed by atoms with Crippen molar-refractivity contribution in [3.8, 4) is 33.4 Å². The van der Waals surface area contributed by atoms with Crippen molar-refractivity contribution in [2.45, 2.75) is 122 Å². The first-order valence-corrected chi connectivity index (χ1v) is 21.0. The Hall–Kier alpha value is -4.88. The Labute approximate surface area is 336 Å². The van der Waals surface area contributed by atoms with Crippen LogP contribution in [0.4, 0.5) is 17.1 Å². The molecule has 0 amide bonds. The summed E-state index contributed by atoms with van der Waals surface area (Å²) in [6, 6.07) is 48.9. The van der Waals surface area contributed by atoms with Gasteiger partial charge in [0.05, 0.1) is 5.69 Å². The smallest absolute Gasteiger partial charge is 0.0543 e. The zero-order chi connectivity index (χ0) is 39.4. The average molecular weight is 734 g/mol. The van der Waals surface area contributed by atoms with Gasteiger partial charge in [-0.05, 0) is 145 Å². The van der Waals surface area contributed by atoms with E-state index in [1.165, 1.54) is 104 Å². The highest BCUT2D eigenvalue weighted by atomic mass is 15.1. The molecule has 0 aromatic heterocycles. The average Bonchev–Trinajstić information content (AvgIpc) is 3.41. The number of fused-ring (bicyclic) bond motifs is 5. The maximum atomic E-state index is 2.55. The van der Waals surface area contributed by atoms with Crippen LogP contribution in [0.3, 0.4) is 0 Å². The van der Waals surface area contributed by atoms with Gasteiger partial charge >= 0.3 is 0 Å². The van der Waals surface area contributed by atoms with Crippen molar-refractivity contribution in [1.82, 2.24) is 0 Å². The molecule has 1 nitrogen and oxygen atoms in total. The van der Waals surface area contributed by atoms with E-state index in [2.05, 4.69) is 202 Å². The second-order valence-corrected chi connectivity index (χ2v) is 20.3. The Morgan fingerprint density at radius 3 is 1.62 bits per heavy atom. The Kier molecular flexibility index (Phi) is 8.24. The molecule has 6 aromatic rings. The van der Waals surface area contributed by atoms with Crippen molar-refractivity contribution in [2.24, 2.45) is 0 Å². The van der Waals surface area contributed by atoms with Crippen molar-refractivity contribution in [3.05, 3.63) is 161 Å². The van der Waals surface area contributed by atoms with E-state index in [1.54, 1.807) is 0 Å². The lowest BCUT2D eigenvalue weighted by atomic mass is 9.61. The SMILES string of the molecule is CC1(C)CCC(C)(C)c2cc(-c3ccc(N(c4ccccc4)c4cc5c(cc4-c4cccc6c4C(C)(C)CCC6(C)C)-c4ccccc4C5(C)C)cc3)ccc21. The van der Waals surface area contributed by atoms with Gasteiger partial charge in [0.15, 0.2) is 0 Å². The lowest BCUT2D eigenvalue weighted by molar-refractivity contribution is 0.332. The molecule has 0 fully saturated rings. The van der Waals surface area contributed by atoms with Gasteiger partial charge in [0.2, 0.25) is 0 Å². The minimum Gasteiger partial charge on any atom is -0.310 e. The first kappa shape index (κ1) is 36.7. The molecule has 284 valence electrons. The van der Waals surface area contributed by atoms with Crippen LogP contribution >= 0.6 is 0 Å². The fourth-order valence-corrected chi connectivity index (χ4v) is 10.7. The van der Waals surface area contributed by atoms with E-state index in [1.807, 2.05) is 0 Å². The second-order valence-electron chi connectivity index (χ2n) is 20.3. The summed E-state index contributed by atoms with van der Waals surface area (Å²) in [5.41, 5.74) is 20.7. The summed E-state index contributed by atoms with van der Waals surface area (Å²) < 4.78 is 0. The fraction of sp³-hybridized carbons (Fsp3) is 0.345. The van der Waals surface area contributed by atoms with Gasteiger partial charge in [0.25, 0.3) is 0 Å². The molecular formula is C55H59N. The van der Waals surface area contributed by atoms with Crippen molar-refractivity contribution in [3.63, 3.8) is 0 Å². The minimum atomic E-state index is -0.127. The number of anilines is 3.